The summed E-state index contributed by atoms with van der Waals surface area (Å²) in [4.78, 5) is 18.0. The van der Waals surface area contributed by atoms with Gasteiger partial charge in [0.05, 0.1) is 11.8 Å². The first-order chi connectivity index (χ1) is 13.9. The third-order valence-corrected chi connectivity index (χ3v) is 4.82. The Hall–Kier alpha value is -2.46. The molecule has 0 bridgehead atoms. The minimum Gasteiger partial charge on any atom is -0.458 e. The highest BCUT2D eigenvalue weighted by Gasteiger charge is 2.29. The van der Waals surface area contributed by atoms with Crippen LogP contribution >= 0.6 is 0 Å². The van der Waals surface area contributed by atoms with Crippen molar-refractivity contribution in [3.05, 3.63) is 71.8 Å². The van der Waals surface area contributed by atoms with Crippen LogP contribution in [0.4, 0.5) is 0 Å². The number of rotatable bonds is 6. The van der Waals surface area contributed by atoms with Crippen LogP contribution in [-0.4, -0.2) is 36.0 Å². The lowest BCUT2D eigenvalue weighted by Gasteiger charge is -2.27. The highest BCUT2D eigenvalue weighted by Crippen LogP contribution is 2.22. The van der Waals surface area contributed by atoms with Crippen LogP contribution in [0, 0.1) is 0 Å². The molecule has 4 nitrogen and oxygen atoms in total. The first-order valence-corrected chi connectivity index (χ1v) is 10.5. The van der Waals surface area contributed by atoms with Gasteiger partial charge < -0.3 is 9.47 Å². The van der Waals surface area contributed by atoms with E-state index in [0.717, 1.165) is 42.7 Å². The van der Waals surface area contributed by atoms with Gasteiger partial charge in [0.2, 0.25) is 0 Å². The number of carbonyl (C=O) groups is 1. The number of ether oxygens (including phenoxy) is 2. The second-order valence-electron chi connectivity index (χ2n) is 8.48. The van der Waals surface area contributed by atoms with Gasteiger partial charge in [0.15, 0.2) is 6.04 Å². The lowest BCUT2D eigenvalue weighted by atomic mass is 9.99. The maximum Gasteiger partial charge on any atom is 0.331 e. The zero-order chi connectivity index (χ0) is 20.7. The molecule has 1 saturated heterocycles. The average Bonchev–Trinajstić information content (AvgIpc) is 2.72. The lowest BCUT2D eigenvalue weighted by Crippen LogP contribution is -2.35. The van der Waals surface area contributed by atoms with Crippen molar-refractivity contribution < 1.29 is 14.3 Å². The molecule has 0 aromatic heterocycles. The van der Waals surface area contributed by atoms with E-state index in [0.29, 0.717) is 6.42 Å². The Kier molecular flexibility index (Phi) is 7.21. The summed E-state index contributed by atoms with van der Waals surface area (Å²) in [5.74, 6) is -0.295. The van der Waals surface area contributed by atoms with Gasteiger partial charge in [0.25, 0.3) is 0 Å². The summed E-state index contributed by atoms with van der Waals surface area (Å²) in [6, 6.07) is 19.4. The van der Waals surface area contributed by atoms with Crippen LogP contribution in [0.15, 0.2) is 65.7 Å². The molecule has 1 aliphatic rings. The fraction of sp³-hybridized carbons (Fsp3) is 0.440. The number of esters is 1. The zero-order valence-corrected chi connectivity index (χ0v) is 17.6. The Balaban J connectivity index is 1.97. The van der Waals surface area contributed by atoms with E-state index in [4.69, 9.17) is 14.5 Å². The van der Waals surface area contributed by atoms with Gasteiger partial charge in [-0.05, 0) is 40.0 Å². The normalized spacial score (nSPS) is 18.0. The maximum absolute atomic E-state index is 13.0. The van der Waals surface area contributed by atoms with E-state index in [-0.39, 0.29) is 12.1 Å². The molecule has 0 N–H and O–H groups in total. The standard InChI is InChI=1S/C25H31NO3/c1-25(2,3)29-24(27)22(18-21-16-10-11-17-28-21)26-23(19-12-6-4-7-13-19)20-14-8-5-9-15-20/h4-9,12-15,21-22H,10-11,16-18H2,1-3H3. The van der Waals surface area contributed by atoms with Crippen LogP contribution in [0.1, 0.15) is 57.6 Å². The van der Waals surface area contributed by atoms with Gasteiger partial charge in [0, 0.05) is 24.2 Å². The number of aliphatic imine (C=N–C) groups is 1. The molecule has 1 fully saturated rings. The van der Waals surface area contributed by atoms with E-state index < -0.39 is 11.6 Å². The van der Waals surface area contributed by atoms with Crippen molar-refractivity contribution in [3.8, 4) is 0 Å². The largest absolute Gasteiger partial charge is 0.458 e. The molecule has 0 radical (unpaired) electrons. The average molecular weight is 394 g/mol. The maximum atomic E-state index is 13.0. The highest BCUT2D eigenvalue weighted by molar-refractivity contribution is 6.13. The Morgan fingerprint density at radius 1 is 1.03 bits per heavy atom. The summed E-state index contributed by atoms with van der Waals surface area (Å²) in [6.45, 7) is 6.41. The third-order valence-electron chi connectivity index (χ3n) is 4.82. The van der Waals surface area contributed by atoms with E-state index >= 15 is 0 Å². The molecule has 1 heterocycles. The van der Waals surface area contributed by atoms with Crippen molar-refractivity contribution in [2.75, 3.05) is 6.61 Å². The SMILES string of the molecule is CC(C)(C)OC(=O)C(CC1CCCCO1)N=C(c1ccccc1)c1ccccc1. The number of hydrogen-bond donors (Lipinski definition) is 0. The Labute approximate surface area is 174 Å². The lowest BCUT2D eigenvalue weighted by molar-refractivity contribution is -0.157. The molecular formula is C25H31NO3. The van der Waals surface area contributed by atoms with Crippen LogP contribution < -0.4 is 0 Å². The summed E-state index contributed by atoms with van der Waals surface area (Å²) in [5.41, 5.74) is 2.21. The summed E-state index contributed by atoms with van der Waals surface area (Å²) in [7, 11) is 0. The Morgan fingerprint density at radius 3 is 2.10 bits per heavy atom. The van der Waals surface area contributed by atoms with Crippen molar-refractivity contribution in [2.24, 2.45) is 4.99 Å². The van der Waals surface area contributed by atoms with Crippen LogP contribution in [-0.2, 0) is 14.3 Å². The van der Waals surface area contributed by atoms with Gasteiger partial charge in [-0.3, -0.25) is 4.99 Å². The molecule has 0 aliphatic carbocycles. The molecule has 0 saturated carbocycles. The van der Waals surface area contributed by atoms with Crippen LogP contribution in [0.5, 0.6) is 0 Å². The highest BCUT2D eigenvalue weighted by atomic mass is 16.6. The third kappa shape index (κ3) is 6.53. The summed E-state index contributed by atoms with van der Waals surface area (Å²) >= 11 is 0. The van der Waals surface area contributed by atoms with E-state index in [1.54, 1.807) is 0 Å². The fourth-order valence-electron chi connectivity index (χ4n) is 3.48. The summed E-state index contributed by atoms with van der Waals surface area (Å²) in [6.07, 6.45) is 3.74. The smallest absolute Gasteiger partial charge is 0.331 e. The van der Waals surface area contributed by atoms with Gasteiger partial charge in [-0.1, -0.05) is 60.7 Å². The second kappa shape index (κ2) is 9.84. The quantitative estimate of drug-likeness (QED) is 0.501. The number of hydrogen-bond acceptors (Lipinski definition) is 4. The van der Waals surface area contributed by atoms with Crippen LogP contribution in [0.3, 0.4) is 0 Å². The van der Waals surface area contributed by atoms with Gasteiger partial charge in [0.1, 0.15) is 5.60 Å². The molecule has 2 aromatic carbocycles. The number of carbonyl (C=O) groups excluding carboxylic acids is 1. The van der Waals surface area contributed by atoms with Crippen LogP contribution in [0.2, 0.25) is 0 Å². The molecule has 4 heteroatoms. The van der Waals surface area contributed by atoms with Crippen molar-refractivity contribution in [1.29, 1.82) is 0 Å². The van der Waals surface area contributed by atoms with E-state index in [2.05, 4.69) is 0 Å². The van der Waals surface area contributed by atoms with E-state index in [9.17, 15) is 4.79 Å². The first kappa shape index (κ1) is 21.3. The number of benzene rings is 2. The fourth-order valence-corrected chi connectivity index (χ4v) is 3.48. The zero-order valence-electron chi connectivity index (χ0n) is 17.6. The predicted octanol–water partition coefficient (Wildman–Crippen LogP) is 5.19. The summed E-state index contributed by atoms with van der Waals surface area (Å²) < 4.78 is 11.6. The second-order valence-corrected chi connectivity index (χ2v) is 8.48. The Bertz CT molecular complexity index is 761. The van der Waals surface area contributed by atoms with Gasteiger partial charge in [-0.2, -0.15) is 0 Å². The molecule has 0 spiro atoms. The molecule has 3 rings (SSSR count). The van der Waals surface area contributed by atoms with Crippen molar-refractivity contribution >= 4 is 11.7 Å². The molecule has 0 amide bonds. The molecule has 1 aliphatic heterocycles. The minimum atomic E-state index is -0.604. The molecular weight excluding hydrogens is 362 g/mol. The molecule has 2 unspecified atom stereocenters. The first-order valence-electron chi connectivity index (χ1n) is 10.5. The van der Waals surface area contributed by atoms with Crippen LogP contribution in [0.25, 0.3) is 0 Å². The molecule has 2 aromatic rings. The Morgan fingerprint density at radius 2 is 1.62 bits per heavy atom. The minimum absolute atomic E-state index is 0.0396. The van der Waals surface area contributed by atoms with Gasteiger partial charge >= 0.3 is 5.97 Å². The van der Waals surface area contributed by atoms with Gasteiger partial charge in [-0.15, -0.1) is 0 Å². The van der Waals surface area contributed by atoms with Crippen molar-refractivity contribution in [1.82, 2.24) is 0 Å². The summed E-state index contributed by atoms with van der Waals surface area (Å²) in [5, 5.41) is 0. The van der Waals surface area contributed by atoms with E-state index in [1.165, 1.54) is 0 Å². The van der Waals surface area contributed by atoms with Crippen molar-refractivity contribution in [2.45, 2.75) is 64.2 Å². The van der Waals surface area contributed by atoms with Gasteiger partial charge in [-0.25, -0.2) is 4.79 Å². The number of nitrogens with zero attached hydrogens (tertiary/aromatic N) is 1. The molecule has 2 atom stereocenters. The molecule has 154 valence electrons. The van der Waals surface area contributed by atoms with E-state index in [1.807, 2.05) is 81.4 Å². The molecule has 29 heavy (non-hydrogen) atoms. The topological polar surface area (TPSA) is 47.9 Å². The predicted molar refractivity (Wildman–Crippen MR) is 116 cm³/mol. The van der Waals surface area contributed by atoms with Crippen molar-refractivity contribution in [3.63, 3.8) is 0 Å². The monoisotopic (exact) mass is 393 g/mol.